The number of hydrogen-bond donors (Lipinski definition) is 0. The van der Waals surface area contributed by atoms with Crippen LogP contribution in [-0.2, 0) is 5.41 Å². The van der Waals surface area contributed by atoms with Crippen molar-refractivity contribution in [2.75, 3.05) is 0 Å². The zero-order chi connectivity index (χ0) is 39.2. The van der Waals surface area contributed by atoms with Crippen LogP contribution >= 0.6 is 0 Å². The molecule has 0 N–H and O–H groups in total. The van der Waals surface area contributed by atoms with Crippen LogP contribution in [0.25, 0.3) is 111 Å². The van der Waals surface area contributed by atoms with E-state index in [1.807, 2.05) is 48.5 Å². The van der Waals surface area contributed by atoms with Crippen molar-refractivity contribution in [3.05, 3.63) is 187 Å². The number of rotatable bonds is 5. The number of benzene rings is 8. The minimum Gasteiger partial charge on any atom is -0.456 e. The highest BCUT2D eigenvalue weighted by molar-refractivity contribution is 6.13. The van der Waals surface area contributed by atoms with Crippen LogP contribution < -0.4 is 0 Å². The topological polar surface area (TPSA) is 65.0 Å². The van der Waals surface area contributed by atoms with Gasteiger partial charge in [-0.3, -0.25) is 0 Å². The van der Waals surface area contributed by atoms with Crippen molar-refractivity contribution in [1.82, 2.24) is 15.0 Å². The molecule has 0 radical (unpaired) electrons. The number of fused-ring (bicyclic) bond motifs is 9. The van der Waals surface area contributed by atoms with E-state index in [4.69, 9.17) is 23.8 Å². The highest BCUT2D eigenvalue weighted by atomic mass is 16.3. The zero-order valence-electron chi connectivity index (χ0n) is 32.4. The fourth-order valence-electron chi connectivity index (χ4n) is 9.25. The summed E-state index contributed by atoms with van der Waals surface area (Å²) in [6.45, 7) is 4.64. The van der Waals surface area contributed by atoms with E-state index in [1.54, 1.807) is 0 Å². The monoisotopic (exact) mass is 757 g/mol. The summed E-state index contributed by atoms with van der Waals surface area (Å²) >= 11 is 0. The van der Waals surface area contributed by atoms with Gasteiger partial charge in [0.2, 0.25) is 0 Å². The molecule has 5 nitrogen and oxygen atoms in total. The van der Waals surface area contributed by atoms with Gasteiger partial charge in [0, 0.05) is 43.7 Å². The molecule has 12 rings (SSSR count). The average Bonchev–Trinajstić information content (AvgIpc) is 3.94. The molecule has 3 heterocycles. The first kappa shape index (κ1) is 33.5. The van der Waals surface area contributed by atoms with E-state index in [-0.39, 0.29) is 5.41 Å². The molecule has 0 atom stereocenters. The Hall–Kier alpha value is -7.63. The third-order valence-corrected chi connectivity index (χ3v) is 12.1. The second-order valence-electron chi connectivity index (χ2n) is 16.0. The molecule has 59 heavy (non-hydrogen) atoms. The molecule has 0 unspecified atom stereocenters. The quantitative estimate of drug-likeness (QED) is 0.175. The van der Waals surface area contributed by atoms with Gasteiger partial charge < -0.3 is 8.83 Å². The smallest absolute Gasteiger partial charge is 0.164 e. The summed E-state index contributed by atoms with van der Waals surface area (Å²) < 4.78 is 12.5. The lowest BCUT2D eigenvalue weighted by atomic mass is 9.81. The Kier molecular flexibility index (Phi) is 7.20. The zero-order valence-corrected chi connectivity index (χ0v) is 32.4. The van der Waals surface area contributed by atoms with E-state index in [1.165, 1.54) is 33.4 Å². The molecule has 11 aromatic rings. The molecule has 0 fully saturated rings. The fraction of sp³-hybridized carbons (Fsp3) is 0.0556. The minimum atomic E-state index is -0.270. The molecule has 0 saturated carbocycles. The molecule has 3 aromatic heterocycles. The summed E-state index contributed by atoms with van der Waals surface area (Å²) in [4.78, 5) is 15.4. The molecule has 0 bridgehead atoms. The van der Waals surface area contributed by atoms with E-state index in [0.717, 1.165) is 71.7 Å². The Bertz CT molecular complexity index is 3480. The number of aromatic nitrogens is 3. The fourth-order valence-corrected chi connectivity index (χ4v) is 9.25. The van der Waals surface area contributed by atoms with Crippen LogP contribution in [-0.4, -0.2) is 15.0 Å². The lowest BCUT2D eigenvalue weighted by molar-refractivity contribution is 0.661. The van der Waals surface area contributed by atoms with Crippen molar-refractivity contribution in [2.24, 2.45) is 0 Å². The molecular weight excluding hydrogens is 723 g/mol. The third-order valence-electron chi connectivity index (χ3n) is 12.1. The normalized spacial score (nSPS) is 13.1. The van der Waals surface area contributed by atoms with Gasteiger partial charge in [-0.05, 0) is 87.0 Å². The Morgan fingerprint density at radius 3 is 1.37 bits per heavy atom. The van der Waals surface area contributed by atoms with E-state index in [0.29, 0.717) is 17.5 Å². The van der Waals surface area contributed by atoms with Crippen molar-refractivity contribution in [2.45, 2.75) is 19.3 Å². The number of para-hydroxylation sites is 2. The van der Waals surface area contributed by atoms with Gasteiger partial charge in [0.15, 0.2) is 17.5 Å². The van der Waals surface area contributed by atoms with Gasteiger partial charge in [-0.1, -0.05) is 147 Å². The summed E-state index contributed by atoms with van der Waals surface area (Å²) in [5.74, 6) is 1.89. The number of nitrogens with zero attached hydrogens (tertiary/aromatic N) is 3. The highest BCUT2D eigenvalue weighted by Gasteiger charge is 2.36. The van der Waals surface area contributed by atoms with Crippen molar-refractivity contribution in [3.63, 3.8) is 0 Å². The van der Waals surface area contributed by atoms with E-state index in [2.05, 4.69) is 141 Å². The van der Waals surface area contributed by atoms with Gasteiger partial charge in [-0.25, -0.2) is 15.0 Å². The molecule has 1 aliphatic carbocycles. The first-order chi connectivity index (χ1) is 29.0. The summed E-state index contributed by atoms with van der Waals surface area (Å²) in [7, 11) is 0. The minimum absolute atomic E-state index is 0.270. The molecule has 278 valence electrons. The lowest BCUT2D eigenvalue weighted by Gasteiger charge is -2.22. The molecular formula is C54H35N3O2. The van der Waals surface area contributed by atoms with Gasteiger partial charge in [0.05, 0.1) is 0 Å². The maximum Gasteiger partial charge on any atom is 0.164 e. The van der Waals surface area contributed by atoms with Crippen molar-refractivity contribution in [3.8, 4) is 67.5 Å². The van der Waals surface area contributed by atoms with Crippen LogP contribution in [0.4, 0.5) is 0 Å². The van der Waals surface area contributed by atoms with Gasteiger partial charge >= 0.3 is 0 Å². The standard InChI is InChI=1S/C54H35N3O2/c1-54(2)43-30-34(38-20-12-24-48-50(38)42-18-7-9-22-46(42)59-48)25-27-39(43)40-28-26-36(31-44(40)54)53-56-51(32-13-4-3-5-14-32)55-52(57-53)35-16-10-15-33(29-35)37-19-11-23-47-49(37)41-17-6-8-21-45(41)58-47/h3-31H,1-2H3. The van der Waals surface area contributed by atoms with Crippen LogP contribution in [0, 0.1) is 0 Å². The van der Waals surface area contributed by atoms with Gasteiger partial charge in [-0.15, -0.1) is 0 Å². The molecule has 1 aliphatic rings. The predicted octanol–water partition coefficient (Wildman–Crippen LogP) is 14.3. The summed E-state index contributed by atoms with van der Waals surface area (Å²) in [5.41, 5.74) is 15.6. The lowest BCUT2D eigenvalue weighted by Crippen LogP contribution is -2.15. The number of hydrogen-bond acceptors (Lipinski definition) is 5. The first-order valence-corrected chi connectivity index (χ1v) is 20.0. The first-order valence-electron chi connectivity index (χ1n) is 20.0. The van der Waals surface area contributed by atoms with E-state index in [9.17, 15) is 0 Å². The molecule has 0 spiro atoms. The second-order valence-corrected chi connectivity index (χ2v) is 16.0. The maximum atomic E-state index is 6.26. The van der Waals surface area contributed by atoms with E-state index >= 15 is 0 Å². The molecule has 0 saturated heterocycles. The molecule has 8 aromatic carbocycles. The Balaban J connectivity index is 0.969. The number of furan rings is 2. The SMILES string of the molecule is CC1(C)c2cc(-c3nc(-c4ccccc4)nc(-c4cccc(-c5cccc6oc7ccccc7c56)c4)n3)ccc2-c2ccc(-c3cccc4oc5ccccc5c34)cc21. The predicted molar refractivity (Wildman–Crippen MR) is 239 cm³/mol. The van der Waals surface area contributed by atoms with Crippen LogP contribution in [0.15, 0.2) is 185 Å². The highest BCUT2D eigenvalue weighted by Crippen LogP contribution is 2.51. The average molecular weight is 758 g/mol. The Morgan fingerprint density at radius 2 is 0.763 bits per heavy atom. The largest absolute Gasteiger partial charge is 0.456 e. The van der Waals surface area contributed by atoms with Crippen LogP contribution in [0.2, 0.25) is 0 Å². The summed E-state index contributed by atoms with van der Waals surface area (Å²) in [6, 6.07) is 61.3. The van der Waals surface area contributed by atoms with Crippen LogP contribution in [0.3, 0.4) is 0 Å². The Labute approximate surface area is 340 Å². The van der Waals surface area contributed by atoms with Crippen LogP contribution in [0.1, 0.15) is 25.0 Å². The van der Waals surface area contributed by atoms with E-state index < -0.39 is 0 Å². The van der Waals surface area contributed by atoms with Crippen molar-refractivity contribution < 1.29 is 8.83 Å². The second kappa shape index (κ2) is 12.7. The molecule has 0 amide bonds. The van der Waals surface area contributed by atoms with Gasteiger partial charge in [0.25, 0.3) is 0 Å². The van der Waals surface area contributed by atoms with Crippen molar-refractivity contribution >= 4 is 43.9 Å². The Morgan fingerprint density at radius 1 is 0.339 bits per heavy atom. The summed E-state index contributed by atoms with van der Waals surface area (Å²) in [5, 5.41) is 4.48. The molecule has 0 aliphatic heterocycles. The van der Waals surface area contributed by atoms with Crippen LogP contribution in [0.5, 0.6) is 0 Å². The summed E-state index contributed by atoms with van der Waals surface area (Å²) in [6.07, 6.45) is 0. The maximum absolute atomic E-state index is 6.26. The van der Waals surface area contributed by atoms with Gasteiger partial charge in [-0.2, -0.15) is 0 Å². The van der Waals surface area contributed by atoms with Crippen molar-refractivity contribution in [1.29, 1.82) is 0 Å². The van der Waals surface area contributed by atoms with Gasteiger partial charge in [0.1, 0.15) is 22.3 Å². The third kappa shape index (κ3) is 5.21. The molecule has 5 heteroatoms.